The molecule has 1 aromatic carbocycles. The number of pyridine rings is 1. The van der Waals surface area contributed by atoms with Gasteiger partial charge in [0.25, 0.3) is 5.91 Å². The Morgan fingerprint density at radius 2 is 1.78 bits per heavy atom. The van der Waals surface area contributed by atoms with E-state index in [1.54, 1.807) is 17.4 Å². The van der Waals surface area contributed by atoms with Crippen molar-refractivity contribution >= 4 is 17.2 Å². The molecule has 0 atom stereocenters. The molecule has 3 heterocycles. The fourth-order valence-electron chi connectivity index (χ4n) is 3.77. The Bertz CT molecular complexity index is 1020. The van der Waals surface area contributed by atoms with E-state index in [-0.39, 0.29) is 11.7 Å². The van der Waals surface area contributed by atoms with Crippen LogP contribution in [0.15, 0.2) is 36.5 Å². The van der Waals surface area contributed by atoms with Gasteiger partial charge >= 0.3 is 0 Å². The second-order valence-electron chi connectivity index (χ2n) is 7.12. The number of imidazole rings is 1. The number of anilines is 1. The van der Waals surface area contributed by atoms with Crippen molar-refractivity contribution in [3.8, 4) is 0 Å². The lowest BCUT2D eigenvalue weighted by Crippen LogP contribution is -2.49. The zero-order valence-electron chi connectivity index (χ0n) is 15.9. The van der Waals surface area contributed by atoms with Gasteiger partial charge in [0.15, 0.2) is 0 Å². The molecule has 1 amide bonds. The Balaban J connectivity index is 1.55. The third kappa shape index (κ3) is 3.05. The number of benzene rings is 1. The summed E-state index contributed by atoms with van der Waals surface area (Å²) in [4.78, 5) is 21.7. The molecule has 1 saturated heterocycles. The number of hydrogen-bond acceptors (Lipinski definition) is 3. The Kier molecular flexibility index (Phi) is 4.34. The number of carbonyl (C=O) groups is 1. The van der Waals surface area contributed by atoms with Crippen LogP contribution in [0.2, 0.25) is 0 Å². The van der Waals surface area contributed by atoms with E-state index < -0.39 is 0 Å². The molecule has 0 bridgehead atoms. The molecular formula is C21H23FN4O. The first kappa shape index (κ1) is 17.5. The Hall–Kier alpha value is -2.89. The Morgan fingerprint density at radius 1 is 1.04 bits per heavy atom. The molecule has 3 aromatic rings. The van der Waals surface area contributed by atoms with Gasteiger partial charge < -0.3 is 9.80 Å². The number of piperazine rings is 1. The first-order valence-electron chi connectivity index (χ1n) is 9.20. The van der Waals surface area contributed by atoms with Crippen molar-refractivity contribution < 1.29 is 9.18 Å². The molecule has 0 N–H and O–H groups in total. The normalized spacial score (nSPS) is 14.8. The molecule has 6 heteroatoms. The lowest BCUT2D eigenvalue weighted by Gasteiger charge is -2.37. The lowest BCUT2D eigenvalue weighted by atomic mass is 10.1. The van der Waals surface area contributed by atoms with Crippen LogP contribution in [0, 0.1) is 26.6 Å². The molecular weight excluding hydrogens is 343 g/mol. The van der Waals surface area contributed by atoms with Crippen LogP contribution in [-0.2, 0) is 0 Å². The van der Waals surface area contributed by atoms with E-state index in [4.69, 9.17) is 0 Å². The van der Waals surface area contributed by atoms with Gasteiger partial charge in [-0.05, 0) is 50.1 Å². The van der Waals surface area contributed by atoms with Crippen LogP contribution in [0.4, 0.5) is 10.1 Å². The van der Waals surface area contributed by atoms with Crippen molar-refractivity contribution in [2.45, 2.75) is 20.8 Å². The van der Waals surface area contributed by atoms with Gasteiger partial charge in [-0.3, -0.25) is 9.20 Å². The highest BCUT2D eigenvalue weighted by Gasteiger charge is 2.27. The number of fused-ring (bicyclic) bond motifs is 1. The number of halogens is 1. The summed E-state index contributed by atoms with van der Waals surface area (Å²) < 4.78 is 15.2. The van der Waals surface area contributed by atoms with E-state index in [0.29, 0.717) is 30.1 Å². The van der Waals surface area contributed by atoms with E-state index in [0.717, 1.165) is 13.1 Å². The second-order valence-corrected chi connectivity index (χ2v) is 7.12. The standard InChI is InChI=1S/C21H23FN4O/c1-14-5-4-6-18(15(14)2)24-9-11-25(12-10-24)21(27)20-16(3)23-19-8-7-17(22)13-26(19)20/h4-8,13H,9-12H2,1-3H3. The van der Waals surface area contributed by atoms with Crippen LogP contribution in [0.5, 0.6) is 0 Å². The van der Waals surface area contributed by atoms with Crippen molar-refractivity contribution in [3.05, 3.63) is 64.9 Å². The summed E-state index contributed by atoms with van der Waals surface area (Å²) in [6.45, 7) is 8.87. The maximum absolute atomic E-state index is 13.7. The molecule has 0 spiro atoms. The topological polar surface area (TPSA) is 40.8 Å². The van der Waals surface area contributed by atoms with Crippen molar-refractivity contribution in [2.75, 3.05) is 31.1 Å². The van der Waals surface area contributed by atoms with Gasteiger partial charge in [0.2, 0.25) is 0 Å². The van der Waals surface area contributed by atoms with Gasteiger partial charge in [-0.25, -0.2) is 9.37 Å². The second kappa shape index (κ2) is 6.68. The maximum atomic E-state index is 13.7. The molecule has 0 unspecified atom stereocenters. The monoisotopic (exact) mass is 366 g/mol. The zero-order valence-corrected chi connectivity index (χ0v) is 15.9. The first-order chi connectivity index (χ1) is 13.0. The molecule has 5 nitrogen and oxygen atoms in total. The van der Waals surface area contributed by atoms with E-state index >= 15 is 0 Å². The Labute approximate surface area is 158 Å². The number of aromatic nitrogens is 2. The molecule has 4 rings (SSSR count). The van der Waals surface area contributed by atoms with Crippen molar-refractivity contribution in [1.29, 1.82) is 0 Å². The quantitative estimate of drug-likeness (QED) is 0.698. The lowest BCUT2D eigenvalue weighted by molar-refractivity contribution is 0.0739. The predicted molar refractivity (Wildman–Crippen MR) is 104 cm³/mol. The SMILES string of the molecule is Cc1cccc(N2CCN(C(=O)c3c(C)nc4ccc(F)cn34)CC2)c1C. The smallest absolute Gasteiger partial charge is 0.272 e. The van der Waals surface area contributed by atoms with Crippen LogP contribution in [0.3, 0.4) is 0 Å². The minimum absolute atomic E-state index is 0.0915. The number of rotatable bonds is 2. The number of nitrogens with zero attached hydrogens (tertiary/aromatic N) is 4. The van der Waals surface area contributed by atoms with E-state index in [1.807, 2.05) is 4.90 Å². The molecule has 1 aliphatic heterocycles. The molecule has 2 aromatic heterocycles. The van der Waals surface area contributed by atoms with E-state index in [1.165, 1.54) is 29.1 Å². The summed E-state index contributed by atoms with van der Waals surface area (Å²) in [6, 6.07) is 9.28. The highest BCUT2D eigenvalue weighted by molar-refractivity contribution is 5.94. The van der Waals surface area contributed by atoms with Crippen LogP contribution in [0.1, 0.15) is 27.3 Å². The zero-order chi connectivity index (χ0) is 19.1. The highest BCUT2D eigenvalue weighted by atomic mass is 19.1. The fraction of sp³-hybridized carbons (Fsp3) is 0.333. The van der Waals surface area contributed by atoms with Crippen LogP contribution in [-0.4, -0.2) is 46.4 Å². The third-order valence-corrected chi connectivity index (χ3v) is 5.44. The largest absolute Gasteiger partial charge is 0.368 e. The molecule has 27 heavy (non-hydrogen) atoms. The molecule has 0 saturated carbocycles. The van der Waals surface area contributed by atoms with Crippen LogP contribution < -0.4 is 4.90 Å². The highest BCUT2D eigenvalue weighted by Crippen LogP contribution is 2.24. The molecule has 140 valence electrons. The van der Waals surface area contributed by atoms with E-state index in [2.05, 4.69) is 41.9 Å². The number of amides is 1. The summed E-state index contributed by atoms with van der Waals surface area (Å²) in [7, 11) is 0. The van der Waals surface area contributed by atoms with Gasteiger partial charge in [0.1, 0.15) is 17.2 Å². The van der Waals surface area contributed by atoms with E-state index in [9.17, 15) is 9.18 Å². The maximum Gasteiger partial charge on any atom is 0.272 e. The van der Waals surface area contributed by atoms with Crippen molar-refractivity contribution in [2.24, 2.45) is 0 Å². The van der Waals surface area contributed by atoms with Gasteiger partial charge in [-0.15, -0.1) is 0 Å². The average Bonchev–Trinajstić information content (AvgIpc) is 2.98. The van der Waals surface area contributed by atoms with Gasteiger partial charge in [-0.1, -0.05) is 12.1 Å². The average molecular weight is 366 g/mol. The van der Waals surface area contributed by atoms with Crippen molar-refractivity contribution in [3.63, 3.8) is 0 Å². The number of aryl methyl sites for hydroxylation is 2. The predicted octanol–water partition coefficient (Wildman–Crippen LogP) is 3.36. The van der Waals surface area contributed by atoms with Gasteiger partial charge in [0.05, 0.1) is 5.69 Å². The minimum atomic E-state index is -0.381. The number of hydrogen-bond donors (Lipinski definition) is 0. The van der Waals surface area contributed by atoms with Gasteiger partial charge in [0, 0.05) is 38.1 Å². The first-order valence-corrected chi connectivity index (χ1v) is 9.20. The molecule has 1 aliphatic rings. The third-order valence-electron chi connectivity index (χ3n) is 5.44. The van der Waals surface area contributed by atoms with Crippen LogP contribution in [0.25, 0.3) is 5.65 Å². The number of carbonyl (C=O) groups excluding carboxylic acids is 1. The summed E-state index contributed by atoms with van der Waals surface area (Å²) in [5.74, 6) is -0.472. The summed E-state index contributed by atoms with van der Waals surface area (Å²) >= 11 is 0. The molecule has 1 fully saturated rings. The minimum Gasteiger partial charge on any atom is -0.368 e. The molecule has 0 radical (unpaired) electrons. The Morgan fingerprint density at radius 3 is 2.52 bits per heavy atom. The summed E-state index contributed by atoms with van der Waals surface area (Å²) in [6.07, 6.45) is 1.33. The van der Waals surface area contributed by atoms with Crippen molar-refractivity contribution in [1.82, 2.24) is 14.3 Å². The van der Waals surface area contributed by atoms with Crippen LogP contribution >= 0.6 is 0 Å². The molecule has 0 aliphatic carbocycles. The van der Waals surface area contributed by atoms with Gasteiger partial charge in [-0.2, -0.15) is 0 Å². The summed E-state index contributed by atoms with van der Waals surface area (Å²) in [5.41, 5.74) is 5.45. The fourth-order valence-corrected chi connectivity index (χ4v) is 3.77. The summed E-state index contributed by atoms with van der Waals surface area (Å²) in [5, 5.41) is 0.